The molecule has 2 N–H and O–H groups in total. The van der Waals surface area contributed by atoms with Gasteiger partial charge in [0, 0.05) is 5.69 Å². The third kappa shape index (κ3) is 4.02. The van der Waals surface area contributed by atoms with E-state index >= 15 is 0 Å². The number of thiazole rings is 1. The van der Waals surface area contributed by atoms with E-state index in [-0.39, 0.29) is 6.03 Å². The molecule has 0 atom stereocenters. The van der Waals surface area contributed by atoms with Crippen molar-refractivity contribution in [3.05, 3.63) is 48.0 Å². The zero-order valence-corrected chi connectivity index (χ0v) is 15.0. The van der Waals surface area contributed by atoms with Crippen LogP contribution in [0.15, 0.2) is 42.5 Å². The SMILES string of the molecule is CC.COc1cccc2sc(NC(=O)Nc3ccccc3C)nc12. The molecule has 0 spiro atoms. The van der Waals surface area contributed by atoms with Crippen molar-refractivity contribution < 1.29 is 9.53 Å². The fourth-order valence-corrected chi connectivity index (χ4v) is 2.98. The predicted molar refractivity (Wildman–Crippen MR) is 101 cm³/mol. The number of methoxy groups -OCH3 is 1. The van der Waals surface area contributed by atoms with Crippen molar-refractivity contribution >= 4 is 38.4 Å². The summed E-state index contributed by atoms with van der Waals surface area (Å²) in [5, 5.41) is 6.11. The number of amides is 2. The number of rotatable bonds is 3. The number of hydrogen-bond acceptors (Lipinski definition) is 4. The molecule has 0 saturated heterocycles. The van der Waals surface area contributed by atoms with E-state index in [4.69, 9.17) is 4.74 Å². The molecule has 2 aromatic carbocycles. The Labute approximate surface area is 145 Å². The molecule has 0 unspecified atom stereocenters. The first-order chi connectivity index (χ1) is 11.7. The first kappa shape index (κ1) is 17.7. The van der Waals surface area contributed by atoms with Crippen LogP contribution in [-0.2, 0) is 0 Å². The number of benzene rings is 2. The third-order valence-electron chi connectivity index (χ3n) is 3.22. The number of aryl methyl sites for hydroxylation is 1. The van der Waals surface area contributed by atoms with Crippen molar-refractivity contribution in [1.29, 1.82) is 0 Å². The molecular formula is C18H21N3O2S. The van der Waals surface area contributed by atoms with Crippen molar-refractivity contribution in [2.75, 3.05) is 17.7 Å². The van der Waals surface area contributed by atoms with Gasteiger partial charge in [-0.1, -0.05) is 49.4 Å². The van der Waals surface area contributed by atoms with Crippen LogP contribution in [0.1, 0.15) is 19.4 Å². The minimum atomic E-state index is -0.313. The highest BCUT2D eigenvalue weighted by Gasteiger charge is 2.11. The average Bonchev–Trinajstić information content (AvgIpc) is 3.01. The Bertz CT molecular complexity index is 830. The molecule has 6 heteroatoms. The lowest BCUT2D eigenvalue weighted by atomic mass is 10.2. The normalized spacial score (nSPS) is 9.83. The van der Waals surface area contributed by atoms with Gasteiger partial charge in [0.15, 0.2) is 5.13 Å². The molecule has 0 bridgehead atoms. The van der Waals surface area contributed by atoms with Crippen LogP contribution >= 0.6 is 11.3 Å². The molecule has 0 radical (unpaired) electrons. The maximum Gasteiger partial charge on any atom is 0.325 e. The molecule has 3 rings (SSSR count). The second-order valence-electron chi connectivity index (χ2n) is 4.72. The zero-order valence-electron chi connectivity index (χ0n) is 14.2. The van der Waals surface area contributed by atoms with Crippen molar-refractivity contribution in [3.63, 3.8) is 0 Å². The Balaban J connectivity index is 0.00000100. The fraction of sp³-hybridized carbons (Fsp3) is 0.222. The summed E-state index contributed by atoms with van der Waals surface area (Å²) in [6.45, 7) is 5.94. The third-order valence-corrected chi connectivity index (χ3v) is 4.15. The van der Waals surface area contributed by atoms with Crippen molar-refractivity contribution in [3.8, 4) is 5.75 Å². The van der Waals surface area contributed by atoms with Gasteiger partial charge < -0.3 is 10.1 Å². The molecule has 1 aromatic heterocycles. The summed E-state index contributed by atoms with van der Waals surface area (Å²) in [6.07, 6.45) is 0. The Morgan fingerprint density at radius 3 is 2.54 bits per heavy atom. The lowest BCUT2D eigenvalue weighted by Crippen LogP contribution is -2.19. The van der Waals surface area contributed by atoms with Crippen LogP contribution in [0.3, 0.4) is 0 Å². The van der Waals surface area contributed by atoms with Crippen LogP contribution in [0.4, 0.5) is 15.6 Å². The van der Waals surface area contributed by atoms with E-state index in [0.29, 0.717) is 10.9 Å². The van der Waals surface area contributed by atoms with Gasteiger partial charge in [0.05, 0.1) is 11.8 Å². The predicted octanol–water partition coefficient (Wildman–Crippen LogP) is 5.28. The summed E-state index contributed by atoms with van der Waals surface area (Å²) in [7, 11) is 1.60. The molecule has 0 aliphatic heterocycles. The van der Waals surface area contributed by atoms with Gasteiger partial charge in [-0.2, -0.15) is 0 Å². The van der Waals surface area contributed by atoms with Crippen molar-refractivity contribution in [1.82, 2.24) is 4.98 Å². The van der Waals surface area contributed by atoms with Gasteiger partial charge in [-0.05, 0) is 30.7 Å². The molecule has 0 aliphatic rings. The molecular weight excluding hydrogens is 322 g/mol. The van der Waals surface area contributed by atoms with Crippen LogP contribution in [0, 0.1) is 6.92 Å². The average molecular weight is 343 g/mol. The monoisotopic (exact) mass is 343 g/mol. The molecule has 2 amide bonds. The summed E-state index contributed by atoms with van der Waals surface area (Å²) in [4.78, 5) is 16.5. The van der Waals surface area contributed by atoms with Crippen LogP contribution in [0.25, 0.3) is 10.2 Å². The topological polar surface area (TPSA) is 63.2 Å². The Kier molecular flexibility index (Phi) is 6.14. The van der Waals surface area contributed by atoms with E-state index in [1.807, 2.05) is 63.2 Å². The fourth-order valence-electron chi connectivity index (χ4n) is 2.11. The zero-order chi connectivity index (χ0) is 17.5. The Morgan fingerprint density at radius 2 is 1.83 bits per heavy atom. The number of carbonyl (C=O) groups is 1. The molecule has 0 fully saturated rings. The number of ether oxygens (including phenoxy) is 1. The summed E-state index contributed by atoms with van der Waals surface area (Å²) < 4.78 is 6.24. The summed E-state index contributed by atoms with van der Waals surface area (Å²) in [6, 6.07) is 13.0. The molecule has 3 aromatic rings. The second-order valence-corrected chi connectivity index (χ2v) is 5.75. The van der Waals surface area contributed by atoms with Crippen LogP contribution < -0.4 is 15.4 Å². The Morgan fingerprint density at radius 1 is 1.08 bits per heavy atom. The van der Waals surface area contributed by atoms with Crippen LogP contribution in [0.2, 0.25) is 0 Å². The summed E-state index contributed by atoms with van der Waals surface area (Å²) >= 11 is 1.41. The molecule has 126 valence electrons. The maximum absolute atomic E-state index is 12.1. The molecule has 5 nitrogen and oxygen atoms in total. The van der Waals surface area contributed by atoms with Crippen molar-refractivity contribution in [2.24, 2.45) is 0 Å². The largest absolute Gasteiger partial charge is 0.494 e. The van der Waals surface area contributed by atoms with Gasteiger partial charge in [0.1, 0.15) is 11.3 Å². The minimum absolute atomic E-state index is 0.313. The number of urea groups is 1. The number of aromatic nitrogens is 1. The first-order valence-electron chi connectivity index (χ1n) is 7.74. The lowest BCUT2D eigenvalue weighted by molar-refractivity contribution is 0.262. The van der Waals surface area contributed by atoms with Crippen LogP contribution in [0.5, 0.6) is 5.75 Å². The smallest absolute Gasteiger partial charge is 0.325 e. The quantitative estimate of drug-likeness (QED) is 0.680. The van der Waals surface area contributed by atoms with Gasteiger partial charge in [-0.25, -0.2) is 9.78 Å². The van der Waals surface area contributed by atoms with Gasteiger partial charge in [0.2, 0.25) is 0 Å². The number of carbonyl (C=O) groups excluding carboxylic acids is 1. The number of nitrogens with one attached hydrogen (secondary N) is 2. The molecule has 1 heterocycles. The number of nitrogens with zero attached hydrogens (tertiary/aromatic N) is 1. The number of para-hydroxylation sites is 2. The van der Waals surface area contributed by atoms with Crippen LogP contribution in [-0.4, -0.2) is 18.1 Å². The van der Waals surface area contributed by atoms with E-state index in [0.717, 1.165) is 21.5 Å². The Hall–Kier alpha value is -2.60. The van der Waals surface area contributed by atoms with E-state index in [1.165, 1.54) is 11.3 Å². The minimum Gasteiger partial charge on any atom is -0.494 e. The highest BCUT2D eigenvalue weighted by Crippen LogP contribution is 2.32. The van der Waals surface area contributed by atoms with Gasteiger partial charge in [-0.15, -0.1) is 0 Å². The van der Waals surface area contributed by atoms with Gasteiger partial charge >= 0.3 is 6.03 Å². The molecule has 24 heavy (non-hydrogen) atoms. The second kappa shape index (κ2) is 8.31. The van der Waals surface area contributed by atoms with E-state index < -0.39 is 0 Å². The van der Waals surface area contributed by atoms with E-state index in [2.05, 4.69) is 15.6 Å². The standard InChI is InChI=1S/C16H15N3O2S.C2H6/c1-10-6-3-4-7-11(10)17-15(20)19-16-18-14-12(21-2)8-5-9-13(14)22-16;1-2/h3-9H,1-2H3,(H2,17,18,19,20);1-2H3. The maximum atomic E-state index is 12.1. The summed E-state index contributed by atoms with van der Waals surface area (Å²) in [5.74, 6) is 0.695. The number of hydrogen-bond donors (Lipinski definition) is 2. The number of anilines is 2. The molecule has 0 aliphatic carbocycles. The first-order valence-corrected chi connectivity index (χ1v) is 8.56. The van der Waals surface area contributed by atoms with E-state index in [9.17, 15) is 4.79 Å². The lowest BCUT2D eigenvalue weighted by Gasteiger charge is -2.07. The summed E-state index contributed by atoms with van der Waals surface area (Å²) in [5.41, 5.74) is 2.53. The number of fused-ring (bicyclic) bond motifs is 1. The highest BCUT2D eigenvalue weighted by atomic mass is 32.1. The molecule has 0 saturated carbocycles. The van der Waals surface area contributed by atoms with Gasteiger partial charge in [0.25, 0.3) is 0 Å². The highest BCUT2D eigenvalue weighted by molar-refractivity contribution is 7.22. The van der Waals surface area contributed by atoms with E-state index in [1.54, 1.807) is 7.11 Å². The van der Waals surface area contributed by atoms with Crippen molar-refractivity contribution in [2.45, 2.75) is 20.8 Å². The van der Waals surface area contributed by atoms with Gasteiger partial charge in [-0.3, -0.25) is 5.32 Å².